The average molecular weight is 375 g/mol. The Morgan fingerprint density at radius 3 is 2.73 bits per heavy atom. The van der Waals surface area contributed by atoms with E-state index >= 15 is 0 Å². The number of nitrogens with zero attached hydrogens (tertiary/aromatic N) is 2. The molecule has 1 aromatic carbocycles. The Morgan fingerprint density at radius 1 is 1.23 bits per heavy atom. The summed E-state index contributed by atoms with van der Waals surface area (Å²) in [6.07, 6.45) is 7.46. The highest BCUT2D eigenvalue weighted by Gasteiger charge is 2.30. The molecule has 1 N–H and O–H groups in total. The predicted octanol–water partition coefficient (Wildman–Crippen LogP) is 2.86. The van der Waals surface area contributed by atoms with Gasteiger partial charge in [-0.15, -0.1) is 0 Å². The van der Waals surface area contributed by atoms with E-state index in [1.165, 1.54) is 18.2 Å². The molecular weight excluding hydrogens is 355 g/mol. The van der Waals surface area contributed by atoms with Gasteiger partial charge in [0.2, 0.25) is 0 Å². The Kier molecular flexibility index (Phi) is 4.63. The standard InChI is InChI=1S/C19H20F2N3OP/c1-12-10-23(5-4-22-12)16-2-3-19-24(11-16)18(25)9-17(26-19)13-6-14(20)8-15(21)7-13/h2-3,6-9,11-12,19,22,26H,4-5,10H2,1H3/t12-,19?/m0/s1. The summed E-state index contributed by atoms with van der Waals surface area (Å²) in [7, 11) is 0.243. The van der Waals surface area contributed by atoms with Crippen LogP contribution in [-0.4, -0.2) is 47.2 Å². The first-order valence-electron chi connectivity index (χ1n) is 8.65. The minimum Gasteiger partial charge on any atom is -0.368 e. The highest BCUT2D eigenvalue weighted by molar-refractivity contribution is 7.51. The third kappa shape index (κ3) is 3.44. The van der Waals surface area contributed by atoms with Crippen LogP contribution in [0.25, 0.3) is 5.31 Å². The second-order valence-corrected chi connectivity index (χ2v) is 8.18. The molecule has 7 heteroatoms. The van der Waals surface area contributed by atoms with Gasteiger partial charge in [0.1, 0.15) is 11.6 Å². The highest BCUT2D eigenvalue weighted by atomic mass is 31.1. The molecule has 4 rings (SSSR count). The quantitative estimate of drug-likeness (QED) is 0.808. The molecule has 0 spiro atoms. The summed E-state index contributed by atoms with van der Waals surface area (Å²) in [4.78, 5) is 16.6. The van der Waals surface area contributed by atoms with E-state index in [1.807, 2.05) is 12.3 Å². The number of halogens is 2. The Labute approximate surface area is 153 Å². The predicted molar refractivity (Wildman–Crippen MR) is 99.5 cm³/mol. The Hall–Kier alpha value is -2.04. The minimum absolute atomic E-state index is 0.0992. The molecule has 3 aliphatic rings. The van der Waals surface area contributed by atoms with Crippen molar-refractivity contribution in [3.63, 3.8) is 0 Å². The van der Waals surface area contributed by atoms with Crippen molar-refractivity contribution in [1.29, 1.82) is 0 Å². The number of nitrogens with one attached hydrogen (secondary N) is 1. The van der Waals surface area contributed by atoms with Gasteiger partial charge in [-0.25, -0.2) is 8.78 Å². The van der Waals surface area contributed by atoms with Crippen molar-refractivity contribution >= 4 is 19.8 Å². The maximum absolute atomic E-state index is 13.5. The van der Waals surface area contributed by atoms with Crippen LogP contribution in [0.2, 0.25) is 0 Å². The molecule has 1 saturated heterocycles. The summed E-state index contributed by atoms with van der Waals surface area (Å²) in [6.45, 7) is 4.86. The van der Waals surface area contributed by atoms with Crippen molar-refractivity contribution < 1.29 is 13.6 Å². The van der Waals surface area contributed by atoms with Crippen LogP contribution in [0, 0.1) is 11.6 Å². The third-order valence-corrected chi connectivity index (χ3v) is 6.26. The van der Waals surface area contributed by atoms with Gasteiger partial charge >= 0.3 is 0 Å². The first-order chi connectivity index (χ1) is 12.5. The molecule has 0 aromatic heterocycles. The van der Waals surface area contributed by atoms with Crippen LogP contribution in [0.3, 0.4) is 0 Å². The summed E-state index contributed by atoms with van der Waals surface area (Å²) in [6, 6.07) is 3.81. The number of amides is 1. The van der Waals surface area contributed by atoms with Crippen LogP contribution >= 0.6 is 8.58 Å². The molecule has 1 fully saturated rings. The van der Waals surface area contributed by atoms with E-state index in [4.69, 9.17) is 0 Å². The van der Waals surface area contributed by atoms with E-state index in [0.717, 1.165) is 31.4 Å². The minimum atomic E-state index is -0.630. The van der Waals surface area contributed by atoms with Gasteiger partial charge in [-0.3, -0.25) is 4.79 Å². The number of benzene rings is 1. The lowest BCUT2D eigenvalue weighted by atomic mass is 10.1. The summed E-state index contributed by atoms with van der Waals surface area (Å²) in [5, 5.41) is 4.09. The van der Waals surface area contributed by atoms with Gasteiger partial charge in [-0.2, -0.15) is 0 Å². The molecule has 3 aliphatic heterocycles. The van der Waals surface area contributed by atoms with Crippen molar-refractivity contribution in [1.82, 2.24) is 15.1 Å². The Bertz CT molecular complexity index is 816. The van der Waals surface area contributed by atoms with Crippen LogP contribution in [0.5, 0.6) is 0 Å². The zero-order valence-electron chi connectivity index (χ0n) is 14.4. The zero-order chi connectivity index (χ0) is 18.3. The molecule has 1 aromatic rings. The lowest BCUT2D eigenvalue weighted by Crippen LogP contribution is -2.49. The smallest absolute Gasteiger partial charge is 0.252 e. The number of rotatable bonds is 2. The zero-order valence-corrected chi connectivity index (χ0v) is 15.4. The second kappa shape index (κ2) is 6.93. The van der Waals surface area contributed by atoms with E-state index in [-0.39, 0.29) is 20.3 Å². The summed E-state index contributed by atoms with van der Waals surface area (Å²) >= 11 is 0. The molecule has 0 aliphatic carbocycles. The van der Waals surface area contributed by atoms with Crippen molar-refractivity contribution in [2.45, 2.75) is 18.7 Å². The number of carbonyl (C=O) groups is 1. The number of piperazine rings is 1. The number of allylic oxidation sites excluding steroid dienone is 1. The van der Waals surface area contributed by atoms with Crippen molar-refractivity contribution in [3.05, 3.63) is 65.5 Å². The maximum atomic E-state index is 13.5. The molecule has 136 valence electrons. The molecule has 26 heavy (non-hydrogen) atoms. The normalized spacial score (nSPS) is 26.7. The first kappa shape index (κ1) is 17.4. The largest absolute Gasteiger partial charge is 0.368 e. The number of fused-ring (bicyclic) bond motifs is 1. The van der Waals surface area contributed by atoms with Crippen LogP contribution in [0.15, 0.2) is 48.3 Å². The number of carbonyl (C=O) groups excluding carboxylic acids is 1. The van der Waals surface area contributed by atoms with E-state index in [0.29, 0.717) is 16.9 Å². The Morgan fingerprint density at radius 2 is 2.00 bits per heavy atom. The molecule has 3 atom stereocenters. The number of hydrogen-bond acceptors (Lipinski definition) is 3. The maximum Gasteiger partial charge on any atom is 0.252 e. The van der Waals surface area contributed by atoms with Gasteiger partial charge in [0, 0.05) is 44.0 Å². The molecule has 0 saturated carbocycles. The molecule has 2 unspecified atom stereocenters. The van der Waals surface area contributed by atoms with Crippen LogP contribution in [0.1, 0.15) is 12.5 Å². The lowest BCUT2D eigenvalue weighted by molar-refractivity contribution is -0.123. The van der Waals surface area contributed by atoms with Crippen LogP contribution < -0.4 is 5.32 Å². The fraction of sp³-hybridized carbons (Fsp3) is 0.316. The van der Waals surface area contributed by atoms with Crippen molar-refractivity contribution in [2.75, 3.05) is 19.6 Å². The summed E-state index contributed by atoms with van der Waals surface area (Å²) in [5.74, 6) is -1.51. The average Bonchev–Trinajstić information content (AvgIpc) is 2.60. The van der Waals surface area contributed by atoms with Gasteiger partial charge in [-0.1, -0.05) is 14.7 Å². The second-order valence-electron chi connectivity index (χ2n) is 6.77. The Balaban J connectivity index is 1.58. The lowest BCUT2D eigenvalue weighted by Gasteiger charge is -2.39. The SMILES string of the molecule is C[C@H]1CN(C2=CN3C(=O)C=C(c4cc(F)cc(F)c4)PC3C=C2)CCN1. The number of hydrogen-bond donors (Lipinski definition) is 1. The van der Waals surface area contributed by atoms with Crippen LogP contribution in [0.4, 0.5) is 8.78 Å². The molecule has 0 radical (unpaired) electrons. The fourth-order valence-electron chi connectivity index (χ4n) is 3.50. The summed E-state index contributed by atoms with van der Waals surface area (Å²) < 4.78 is 27.0. The summed E-state index contributed by atoms with van der Waals surface area (Å²) in [5.41, 5.74) is 1.47. The van der Waals surface area contributed by atoms with Gasteiger partial charge in [-0.05, 0) is 36.0 Å². The van der Waals surface area contributed by atoms with Gasteiger partial charge in [0.05, 0.1) is 11.5 Å². The third-order valence-electron chi connectivity index (χ3n) is 4.75. The molecular formula is C19H20F2N3OP. The van der Waals surface area contributed by atoms with E-state index in [2.05, 4.69) is 23.2 Å². The van der Waals surface area contributed by atoms with E-state index in [1.54, 1.807) is 4.90 Å². The van der Waals surface area contributed by atoms with E-state index in [9.17, 15) is 13.6 Å². The fourth-order valence-corrected chi connectivity index (χ4v) is 4.87. The van der Waals surface area contributed by atoms with Gasteiger partial charge < -0.3 is 15.1 Å². The molecule has 3 heterocycles. The topological polar surface area (TPSA) is 35.6 Å². The molecule has 4 nitrogen and oxygen atoms in total. The van der Waals surface area contributed by atoms with Gasteiger partial charge in [0.25, 0.3) is 5.91 Å². The van der Waals surface area contributed by atoms with E-state index < -0.39 is 11.6 Å². The molecule has 0 bridgehead atoms. The van der Waals surface area contributed by atoms with Crippen molar-refractivity contribution in [2.24, 2.45) is 0 Å². The van der Waals surface area contributed by atoms with Crippen molar-refractivity contribution in [3.8, 4) is 0 Å². The van der Waals surface area contributed by atoms with Gasteiger partial charge in [0.15, 0.2) is 0 Å². The van der Waals surface area contributed by atoms with Crippen LogP contribution in [-0.2, 0) is 4.79 Å². The first-order valence-corrected chi connectivity index (χ1v) is 9.73. The monoisotopic (exact) mass is 375 g/mol. The highest BCUT2D eigenvalue weighted by Crippen LogP contribution is 2.44. The molecule has 1 amide bonds.